The van der Waals surface area contributed by atoms with Gasteiger partial charge in [0.15, 0.2) is 5.71 Å². The molecule has 7 aromatic carbocycles. The van der Waals surface area contributed by atoms with Gasteiger partial charge in [-0.05, 0) is 166 Å². The van der Waals surface area contributed by atoms with Crippen molar-refractivity contribution in [3.63, 3.8) is 0 Å². The van der Waals surface area contributed by atoms with Gasteiger partial charge in [0.2, 0.25) is 41.1 Å². The van der Waals surface area contributed by atoms with Crippen LogP contribution in [0.3, 0.4) is 0 Å². The number of carbonyl (C=O) groups is 12. The normalized spacial score (nSPS) is 21.0. The van der Waals surface area contributed by atoms with Crippen LogP contribution >= 0.6 is 139 Å². The molecule has 7 fully saturated rings. The molecule has 676 valence electrons. The fraction of sp³-hybridized carbons (Fsp3) is 0.294. The van der Waals surface area contributed by atoms with E-state index in [0.717, 1.165) is 49.7 Å². The van der Waals surface area contributed by atoms with Gasteiger partial charge in [-0.15, -0.1) is 5.10 Å². The lowest BCUT2D eigenvalue weighted by molar-refractivity contribution is -0.147. The van der Waals surface area contributed by atoms with Crippen LogP contribution in [0.5, 0.6) is 11.6 Å². The number of aromatic nitrogens is 3. The summed E-state index contributed by atoms with van der Waals surface area (Å²) < 4.78 is 32.2. The highest BCUT2D eigenvalue weighted by Gasteiger charge is 2.71. The predicted octanol–water partition coefficient (Wildman–Crippen LogP) is 14.8. The number of methoxy groups -OCH3 is 1. The van der Waals surface area contributed by atoms with Crippen LogP contribution < -0.4 is 45.1 Å². The Morgan fingerprint density at radius 3 is 1.35 bits per heavy atom. The van der Waals surface area contributed by atoms with Gasteiger partial charge in [-0.1, -0.05) is 157 Å². The number of rotatable bonds is 20. The van der Waals surface area contributed by atoms with Crippen molar-refractivity contribution in [1.29, 1.82) is 0 Å². The maximum absolute atomic E-state index is 12.6. The molecule has 8 amide bonds. The first kappa shape index (κ1) is 98.9. The number of hydrogen-bond acceptors (Lipinski definition) is 25. The number of nitrogen functional groups attached to an aromatic ring is 1. The van der Waals surface area contributed by atoms with Crippen molar-refractivity contribution in [2.24, 2.45) is 64.3 Å². The molecular weight excluding hydrogens is 1930 g/mol. The molecule has 4 N–H and O–H groups in total. The Balaban J connectivity index is 0.000000153. The zero-order valence-corrected chi connectivity index (χ0v) is 77.0. The Kier molecular flexibility index (Phi) is 33.6. The number of carbonyl (C=O) groups excluding carboxylic acids is 12. The van der Waals surface area contributed by atoms with E-state index in [2.05, 4.69) is 35.3 Å². The van der Waals surface area contributed by atoms with Gasteiger partial charge in [-0.2, -0.15) is 9.89 Å². The predicted molar refractivity (Wildman–Crippen MR) is 484 cm³/mol. The molecule has 9 aliphatic rings. The number of esters is 4. The topological polar surface area (TPSA) is 414 Å². The van der Waals surface area contributed by atoms with Gasteiger partial charge in [0.05, 0.1) is 159 Å². The molecule has 44 heteroatoms. The molecule has 8 atom stereocenters. The van der Waals surface area contributed by atoms with Crippen molar-refractivity contribution in [2.45, 2.75) is 40.3 Å². The Hall–Kier alpha value is -10.7. The second-order valence-electron chi connectivity index (χ2n) is 28.7. The Morgan fingerprint density at radius 2 is 0.922 bits per heavy atom. The van der Waals surface area contributed by atoms with E-state index in [1.165, 1.54) is 60.7 Å². The smallest absolute Gasteiger partial charge is 0.413 e. The molecule has 3 saturated carbocycles. The lowest BCUT2D eigenvalue weighted by Gasteiger charge is -2.22. The molecule has 7 heterocycles. The minimum absolute atomic E-state index is 0.0993. The number of nitrogens with zero attached hydrogens (tertiary/aromatic N) is 11. The van der Waals surface area contributed by atoms with E-state index in [1.807, 2.05) is 42.5 Å². The van der Waals surface area contributed by atoms with E-state index in [0.29, 0.717) is 123 Å². The molecule has 0 bridgehead atoms. The van der Waals surface area contributed by atoms with Crippen molar-refractivity contribution in [2.75, 3.05) is 90.1 Å². The molecule has 8 aromatic rings. The summed E-state index contributed by atoms with van der Waals surface area (Å²) in [6, 6.07) is 35.6. The molecule has 1 aromatic heterocycles. The Morgan fingerprint density at radius 1 is 0.504 bits per heavy atom. The number of halogens is 12. The zero-order chi connectivity index (χ0) is 93.8. The lowest BCUT2D eigenvalue weighted by Crippen LogP contribution is -2.36. The quantitative estimate of drug-likeness (QED) is 0.0121. The average molecular weight is 2010 g/mol. The number of hydrazone groups is 1. The Bertz CT molecular complexity index is 5790. The molecule has 0 spiro atoms. The summed E-state index contributed by atoms with van der Waals surface area (Å²) in [4.78, 5) is 151. The largest absolute Gasteiger partial charge is 0.497 e. The van der Waals surface area contributed by atoms with Crippen LogP contribution in [0.25, 0.3) is 5.53 Å². The number of hydrogen-bond donors (Lipinski definition) is 3. The highest BCUT2D eigenvalue weighted by atomic mass is 35.5. The second kappa shape index (κ2) is 43.8. The van der Waals surface area contributed by atoms with Crippen LogP contribution in [0, 0.1) is 59.2 Å². The third-order valence-corrected chi connectivity index (χ3v) is 25.4. The Labute approximate surface area is 795 Å². The molecular formula is C85H73Cl12N13O19. The van der Waals surface area contributed by atoms with Crippen molar-refractivity contribution >= 4 is 256 Å². The van der Waals surface area contributed by atoms with E-state index in [4.69, 9.17) is 179 Å². The summed E-state index contributed by atoms with van der Waals surface area (Å²) in [6.45, 7) is 10.3. The van der Waals surface area contributed by atoms with E-state index in [9.17, 15) is 57.5 Å². The van der Waals surface area contributed by atoms with Crippen LogP contribution in [-0.2, 0) is 78.2 Å². The molecule has 3 aliphatic carbocycles. The first-order chi connectivity index (χ1) is 61.6. The summed E-state index contributed by atoms with van der Waals surface area (Å²) in [5, 5.41) is 25.7. The third-order valence-electron chi connectivity index (χ3n) is 20.9. The van der Waals surface area contributed by atoms with Crippen LogP contribution in [0.15, 0.2) is 151 Å². The first-order valence-corrected chi connectivity index (χ1v) is 43.5. The summed E-state index contributed by atoms with van der Waals surface area (Å²) in [7, 11) is 1.63. The number of nitrogens with one attached hydrogen (secondary N) is 1. The number of ether oxygens (including phenoxy) is 6. The highest BCUT2D eigenvalue weighted by molar-refractivity contribution is 6.48. The highest BCUT2D eigenvalue weighted by Crippen LogP contribution is 2.57. The summed E-state index contributed by atoms with van der Waals surface area (Å²) >= 11 is 70.1. The maximum atomic E-state index is 12.6. The number of piperidine rings is 3. The maximum Gasteiger partial charge on any atom is 0.413 e. The number of amides is 8. The van der Waals surface area contributed by atoms with E-state index >= 15 is 0 Å². The number of fused-ring (bicyclic) bond motifs is 4. The van der Waals surface area contributed by atoms with Crippen molar-refractivity contribution in [1.82, 2.24) is 20.4 Å². The molecule has 17 rings (SSSR count). The zero-order valence-electron chi connectivity index (χ0n) is 68.0. The van der Waals surface area contributed by atoms with Crippen LogP contribution in [-0.4, -0.2) is 174 Å². The molecule has 6 aliphatic heterocycles. The number of benzene rings is 7. The number of aliphatic hydroxyl groups is 1. The monoisotopic (exact) mass is 2000 g/mol. The summed E-state index contributed by atoms with van der Waals surface area (Å²) in [6.07, 6.45) is 3.12. The van der Waals surface area contributed by atoms with Crippen molar-refractivity contribution in [3.05, 3.63) is 223 Å². The van der Waals surface area contributed by atoms with Gasteiger partial charge in [0.25, 0.3) is 17.7 Å². The van der Waals surface area contributed by atoms with Gasteiger partial charge in [0, 0.05) is 55.1 Å². The van der Waals surface area contributed by atoms with Gasteiger partial charge in [-0.3, -0.25) is 48.6 Å². The average Bonchev–Trinajstić information content (AvgIpc) is 1.53. The SMILES string of the molecule is CCOC(=O)C1=NNC2C(=O)N(c3ccc(Cl)c(Cl)c3)C(=O)C12.CCOC(=O)C1C2C(=O)N(c3ccc(Cl)c(Cl)c3)C(=O)C12.CCOC(=O)C=[N+]=[N-].CCOC(=O)c1nnn(Cc2ccc(OC)cc2)c1OCC1C2CN(c3ccc(Cl)c(Cl)c3)CC12.Nc1ccc(Cl)c(Cl)c1.O=C1C2C(CO)C2C(=O)N1c1ccc(Cl)c(Cl)c1.O=C1C=CC(=O)N1c1ccc(Cl)c(Cl)c1. The molecule has 8 unspecified atom stereocenters. The van der Waals surface area contributed by atoms with Crippen LogP contribution in [0.1, 0.15) is 43.7 Å². The van der Waals surface area contributed by atoms with E-state index < -0.39 is 65.4 Å². The minimum atomic E-state index is -1.00. The van der Waals surface area contributed by atoms with Gasteiger partial charge in [0.1, 0.15) is 17.7 Å². The van der Waals surface area contributed by atoms with Crippen LogP contribution in [0.2, 0.25) is 60.3 Å². The summed E-state index contributed by atoms with van der Waals surface area (Å²) in [5.41, 5.74) is 19.9. The standard InChI is InChI=1S/C25H26Cl2N4O4.C14H11Cl2N3O4.C14H11Cl2NO4.C12H9Cl2NO3.C10H5Cl2NO2.C6H5Cl2N.C4H6N2O2/c1-3-34-25(32)23-24(31(29-28-23)11-15-4-7-17(33-2)8-5-15)35-14-20-18-12-30(13-19(18)20)16-6-9-21(26)22(27)10-16;1-2-23-14(22)11-9-10(17-18-11)13(21)19(12(9)20)6-3-4-7(15)8(16)5-6;1-2-21-14(20)11-9-10(11)13(19)17(12(9)18)6-3-4-7(15)8(16)5-6;13-7-2-1-5(3-8(7)14)15-11(17)9-6(4-16)10(9)12(15)18;11-7-2-1-6(5-8(7)12)13-9(14)3-4-10(13)15;7-5-2-1-4(9)3-6(5)8;1-2-8-4(7)3-6-5/h4-10,18-20H,3,11-14H2,1-2H3;3-5,9-10,17H,2H2,1H3;3-5,9-11H,2H2,1H3;1-3,6,9-10,16H,4H2;1-5H;1-3H,9H2;3H,2H2,1H3. The molecule has 0 radical (unpaired) electrons. The molecule has 4 saturated heterocycles. The summed E-state index contributed by atoms with van der Waals surface area (Å²) in [5.74, 6) is -6.70. The van der Waals surface area contributed by atoms with Crippen molar-refractivity contribution in [3.8, 4) is 11.6 Å². The number of nitrogens with two attached hydrogens (primary N) is 1. The van der Waals surface area contributed by atoms with Crippen LogP contribution in [0.4, 0.5) is 34.1 Å². The number of anilines is 6. The third kappa shape index (κ3) is 22.7. The second-order valence-corrected chi connectivity index (χ2v) is 33.6. The minimum Gasteiger partial charge on any atom is -0.497 e. The fourth-order valence-corrected chi connectivity index (χ4v) is 16.4. The number of imide groups is 4. The van der Waals surface area contributed by atoms with Gasteiger partial charge < -0.3 is 49.7 Å². The van der Waals surface area contributed by atoms with E-state index in [1.54, 1.807) is 82.0 Å². The molecule has 32 nitrogen and oxygen atoms in total. The van der Waals surface area contributed by atoms with Crippen molar-refractivity contribution < 1.29 is 95.9 Å². The molecule has 129 heavy (non-hydrogen) atoms. The van der Waals surface area contributed by atoms with Gasteiger partial charge in [-0.25, -0.2) is 38.7 Å². The fourth-order valence-electron chi connectivity index (χ4n) is 14.6. The first-order valence-electron chi connectivity index (χ1n) is 39.0. The van der Waals surface area contributed by atoms with Gasteiger partial charge >= 0.3 is 30.1 Å². The van der Waals surface area contributed by atoms with E-state index in [-0.39, 0.29) is 107 Å². The lowest BCUT2D eigenvalue weighted by atomic mass is 9.99. The number of aliphatic hydroxyl groups excluding tert-OH is 1.